The van der Waals surface area contributed by atoms with Crippen LogP contribution >= 0.6 is 11.3 Å². The first-order valence-electron chi connectivity index (χ1n) is 7.61. The first kappa shape index (κ1) is 16.5. The number of likely N-dealkylation sites (tertiary alicyclic amines) is 1. The number of benzene rings is 1. The van der Waals surface area contributed by atoms with Gasteiger partial charge in [0.2, 0.25) is 0 Å². The molecule has 126 valence electrons. The highest BCUT2D eigenvalue weighted by Gasteiger charge is 2.35. The van der Waals surface area contributed by atoms with E-state index >= 15 is 0 Å². The lowest BCUT2D eigenvalue weighted by Crippen LogP contribution is -2.34. The summed E-state index contributed by atoms with van der Waals surface area (Å²) in [4.78, 5) is 29.2. The molecular formula is C16H18N4O3S. The number of amides is 1. The minimum absolute atomic E-state index is 0.00818. The second-order valence-electron chi connectivity index (χ2n) is 6.34. The van der Waals surface area contributed by atoms with Crippen LogP contribution in [0.4, 0.5) is 5.69 Å². The maximum Gasteiger partial charge on any atom is 0.273 e. The van der Waals surface area contributed by atoms with Crippen LogP contribution in [-0.4, -0.2) is 40.3 Å². The summed E-state index contributed by atoms with van der Waals surface area (Å²) in [5.74, 6) is -0.111. The predicted octanol–water partition coefficient (Wildman–Crippen LogP) is 2.53. The van der Waals surface area contributed by atoms with Gasteiger partial charge in [-0.15, -0.1) is 11.3 Å². The fourth-order valence-corrected chi connectivity index (χ4v) is 3.57. The van der Waals surface area contributed by atoms with Crippen molar-refractivity contribution in [3.63, 3.8) is 0 Å². The normalized spacial score (nSPS) is 20.3. The van der Waals surface area contributed by atoms with Crippen LogP contribution in [-0.2, 0) is 0 Å². The zero-order valence-corrected chi connectivity index (χ0v) is 14.1. The molecular weight excluding hydrogens is 328 g/mol. The van der Waals surface area contributed by atoms with Gasteiger partial charge in [-0.25, -0.2) is 4.98 Å². The topological polar surface area (TPSA) is 102 Å². The fourth-order valence-electron chi connectivity index (χ4n) is 2.78. The Morgan fingerprint density at radius 2 is 2.33 bits per heavy atom. The number of nitro groups is 1. The van der Waals surface area contributed by atoms with E-state index in [4.69, 9.17) is 5.73 Å². The number of thiazole rings is 1. The molecule has 1 fully saturated rings. The Balaban J connectivity index is 1.80. The van der Waals surface area contributed by atoms with Crippen molar-refractivity contribution in [3.8, 4) is 10.6 Å². The van der Waals surface area contributed by atoms with E-state index in [9.17, 15) is 14.9 Å². The van der Waals surface area contributed by atoms with Gasteiger partial charge in [0.05, 0.1) is 4.92 Å². The highest BCUT2D eigenvalue weighted by molar-refractivity contribution is 7.13. The summed E-state index contributed by atoms with van der Waals surface area (Å²) < 4.78 is 0. The molecule has 1 aliphatic rings. The second-order valence-corrected chi connectivity index (χ2v) is 7.19. The third kappa shape index (κ3) is 3.15. The van der Waals surface area contributed by atoms with Crippen molar-refractivity contribution >= 4 is 22.9 Å². The van der Waals surface area contributed by atoms with Crippen molar-refractivity contribution in [1.82, 2.24) is 9.88 Å². The summed E-state index contributed by atoms with van der Waals surface area (Å²) in [6.07, 6.45) is 0.886. The molecule has 0 radical (unpaired) electrons. The average molecular weight is 346 g/mol. The molecule has 7 nitrogen and oxygen atoms in total. The van der Waals surface area contributed by atoms with E-state index in [0.717, 1.165) is 6.42 Å². The van der Waals surface area contributed by atoms with Gasteiger partial charge in [-0.3, -0.25) is 14.9 Å². The Kier molecular flexibility index (Phi) is 4.33. The summed E-state index contributed by atoms with van der Waals surface area (Å²) in [6, 6.07) is 6.26. The predicted molar refractivity (Wildman–Crippen MR) is 91.9 cm³/mol. The molecule has 2 heterocycles. The number of hydrogen-bond donors (Lipinski definition) is 1. The number of non-ortho nitro benzene ring substituents is 1. The number of carbonyl (C=O) groups excluding carboxylic acids is 1. The van der Waals surface area contributed by atoms with Gasteiger partial charge in [-0.05, 0) is 18.4 Å². The van der Waals surface area contributed by atoms with Gasteiger partial charge >= 0.3 is 0 Å². The maximum absolute atomic E-state index is 12.6. The lowest BCUT2D eigenvalue weighted by Gasteiger charge is -2.22. The number of aromatic nitrogens is 1. The van der Waals surface area contributed by atoms with Crippen LogP contribution in [0.15, 0.2) is 29.6 Å². The highest BCUT2D eigenvalue weighted by atomic mass is 32.1. The van der Waals surface area contributed by atoms with Gasteiger partial charge in [-0.2, -0.15) is 0 Å². The molecule has 1 aliphatic heterocycles. The molecule has 1 atom stereocenters. The molecule has 1 amide bonds. The Hall–Kier alpha value is -2.32. The summed E-state index contributed by atoms with van der Waals surface area (Å²) in [6.45, 7) is 3.94. The van der Waals surface area contributed by atoms with E-state index in [-0.39, 0.29) is 17.0 Å². The summed E-state index contributed by atoms with van der Waals surface area (Å²) in [7, 11) is 0. The van der Waals surface area contributed by atoms with Crippen LogP contribution in [0, 0.1) is 15.5 Å². The van der Waals surface area contributed by atoms with E-state index in [1.165, 1.54) is 23.5 Å². The molecule has 1 aromatic heterocycles. The van der Waals surface area contributed by atoms with Gasteiger partial charge in [0.15, 0.2) is 0 Å². The van der Waals surface area contributed by atoms with E-state index < -0.39 is 4.92 Å². The van der Waals surface area contributed by atoms with E-state index in [0.29, 0.717) is 35.9 Å². The van der Waals surface area contributed by atoms with Crippen molar-refractivity contribution < 1.29 is 9.72 Å². The van der Waals surface area contributed by atoms with Crippen molar-refractivity contribution in [1.29, 1.82) is 0 Å². The molecule has 0 spiro atoms. The van der Waals surface area contributed by atoms with Gasteiger partial charge in [-0.1, -0.05) is 19.1 Å². The summed E-state index contributed by atoms with van der Waals surface area (Å²) in [5.41, 5.74) is 6.77. The largest absolute Gasteiger partial charge is 0.337 e. The molecule has 1 aromatic carbocycles. The number of nitrogens with zero attached hydrogens (tertiary/aromatic N) is 3. The smallest absolute Gasteiger partial charge is 0.273 e. The third-order valence-corrected chi connectivity index (χ3v) is 5.26. The van der Waals surface area contributed by atoms with E-state index in [1.54, 1.807) is 22.4 Å². The van der Waals surface area contributed by atoms with Crippen LogP contribution in [0.2, 0.25) is 0 Å². The van der Waals surface area contributed by atoms with Gasteiger partial charge in [0.1, 0.15) is 10.7 Å². The minimum Gasteiger partial charge on any atom is -0.337 e. The molecule has 0 aliphatic carbocycles. The molecule has 0 saturated carbocycles. The number of rotatable bonds is 4. The van der Waals surface area contributed by atoms with Crippen molar-refractivity contribution in [3.05, 3.63) is 45.5 Å². The maximum atomic E-state index is 12.6. The van der Waals surface area contributed by atoms with Crippen LogP contribution in [0.1, 0.15) is 23.8 Å². The Labute approximate surface area is 143 Å². The van der Waals surface area contributed by atoms with Gasteiger partial charge in [0, 0.05) is 36.2 Å². The van der Waals surface area contributed by atoms with Crippen molar-refractivity contribution in [2.24, 2.45) is 11.1 Å². The zero-order chi connectivity index (χ0) is 17.3. The standard InChI is InChI=1S/C16H18N4O3S/c1-16(9-17)5-6-19(10-16)15(21)13-8-24-14(18-13)11-3-2-4-12(7-11)20(22)23/h2-4,7-8H,5-6,9-10,17H2,1H3. The number of nitro benzene ring substituents is 1. The molecule has 3 rings (SSSR count). The summed E-state index contributed by atoms with van der Waals surface area (Å²) >= 11 is 1.31. The Morgan fingerprint density at radius 3 is 3.00 bits per heavy atom. The van der Waals surface area contributed by atoms with Crippen LogP contribution in [0.3, 0.4) is 0 Å². The molecule has 24 heavy (non-hydrogen) atoms. The fraction of sp³-hybridized carbons (Fsp3) is 0.375. The first-order valence-corrected chi connectivity index (χ1v) is 8.49. The molecule has 2 N–H and O–H groups in total. The molecule has 8 heteroatoms. The molecule has 2 aromatic rings. The number of hydrogen-bond acceptors (Lipinski definition) is 6. The second kappa shape index (κ2) is 6.29. The van der Waals surface area contributed by atoms with E-state index in [1.807, 2.05) is 0 Å². The Bertz CT molecular complexity index is 791. The van der Waals surface area contributed by atoms with Crippen molar-refractivity contribution in [2.75, 3.05) is 19.6 Å². The SMILES string of the molecule is CC1(CN)CCN(C(=O)c2csc(-c3cccc([N+](=O)[O-])c3)n2)C1. The zero-order valence-electron chi connectivity index (χ0n) is 13.3. The minimum atomic E-state index is -0.443. The van der Waals surface area contributed by atoms with Crippen molar-refractivity contribution in [2.45, 2.75) is 13.3 Å². The van der Waals surface area contributed by atoms with Gasteiger partial charge < -0.3 is 10.6 Å². The first-order chi connectivity index (χ1) is 11.4. The van der Waals surface area contributed by atoms with Crippen LogP contribution in [0.5, 0.6) is 0 Å². The van der Waals surface area contributed by atoms with Crippen LogP contribution < -0.4 is 5.73 Å². The van der Waals surface area contributed by atoms with E-state index in [2.05, 4.69) is 11.9 Å². The number of nitrogens with two attached hydrogens (primary N) is 1. The van der Waals surface area contributed by atoms with Crippen LogP contribution in [0.25, 0.3) is 10.6 Å². The summed E-state index contributed by atoms with van der Waals surface area (Å²) in [5, 5.41) is 13.2. The molecule has 1 unspecified atom stereocenters. The monoisotopic (exact) mass is 346 g/mol. The number of carbonyl (C=O) groups is 1. The average Bonchev–Trinajstić information content (AvgIpc) is 3.22. The Morgan fingerprint density at radius 1 is 1.54 bits per heavy atom. The third-order valence-electron chi connectivity index (χ3n) is 4.37. The molecule has 1 saturated heterocycles. The lowest BCUT2D eigenvalue weighted by atomic mass is 9.90. The lowest BCUT2D eigenvalue weighted by molar-refractivity contribution is -0.384. The van der Waals surface area contributed by atoms with Gasteiger partial charge in [0.25, 0.3) is 11.6 Å². The molecule has 0 bridgehead atoms. The highest BCUT2D eigenvalue weighted by Crippen LogP contribution is 2.31. The quantitative estimate of drug-likeness (QED) is 0.677.